The topological polar surface area (TPSA) is 43.2 Å². The molecule has 114 valence electrons. The molecule has 0 N–H and O–H groups in total. The van der Waals surface area contributed by atoms with Gasteiger partial charge in [0.1, 0.15) is 16.6 Å². The van der Waals surface area contributed by atoms with Crippen LogP contribution in [-0.4, -0.2) is 42.0 Å². The molecule has 1 aliphatic heterocycles. The first-order valence-corrected chi connectivity index (χ1v) is 8.49. The molecule has 1 saturated heterocycles. The smallest absolute Gasteiger partial charge is 0.162 e. The lowest BCUT2D eigenvalue weighted by molar-refractivity contribution is 0.261. The van der Waals surface area contributed by atoms with E-state index < -0.39 is 0 Å². The molecule has 0 saturated carbocycles. The number of nitrogens with zero attached hydrogens (tertiary/aromatic N) is 4. The normalized spacial score (nSPS) is 15.7. The number of aromatic nitrogens is 1. The van der Waals surface area contributed by atoms with Crippen LogP contribution in [0.1, 0.15) is 11.1 Å². The van der Waals surface area contributed by atoms with Gasteiger partial charge in [0, 0.05) is 32.7 Å². The standard InChI is InChI=1S/C16H17ClN4S/c17-15-14(12-18)16(22-19-15)21-10-8-20(9-11-21)7-6-13-4-2-1-3-5-13/h1-5H,6-11H2. The molecule has 1 fully saturated rings. The van der Waals surface area contributed by atoms with Gasteiger partial charge < -0.3 is 4.90 Å². The fraction of sp³-hybridized carbons (Fsp3) is 0.375. The second-order valence-corrected chi connectivity index (χ2v) is 6.44. The molecule has 0 unspecified atom stereocenters. The maximum atomic E-state index is 9.18. The highest BCUT2D eigenvalue weighted by molar-refractivity contribution is 7.10. The van der Waals surface area contributed by atoms with Crippen molar-refractivity contribution in [1.82, 2.24) is 9.27 Å². The molecule has 6 heteroatoms. The summed E-state index contributed by atoms with van der Waals surface area (Å²) in [4.78, 5) is 4.69. The number of hydrogen-bond donors (Lipinski definition) is 0. The summed E-state index contributed by atoms with van der Waals surface area (Å²) in [6.45, 7) is 4.93. The van der Waals surface area contributed by atoms with Gasteiger partial charge in [-0.25, -0.2) is 0 Å². The molecular formula is C16H17ClN4S. The van der Waals surface area contributed by atoms with Crippen LogP contribution >= 0.6 is 23.1 Å². The van der Waals surface area contributed by atoms with Crippen molar-refractivity contribution in [2.24, 2.45) is 0 Å². The lowest BCUT2D eigenvalue weighted by atomic mass is 10.1. The van der Waals surface area contributed by atoms with Crippen LogP contribution in [-0.2, 0) is 6.42 Å². The molecule has 1 aromatic carbocycles. The van der Waals surface area contributed by atoms with Crippen molar-refractivity contribution in [3.8, 4) is 6.07 Å². The van der Waals surface area contributed by atoms with Gasteiger partial charge in [-0.2, -0.15) is 9.64 Å². The summed E-state index contributed by atoms with van der Waals surface area (Å²) in [7, 11) is 0. The molecule has 0 amide bonds. The van der Waals surface area contributed by atoms with E-state index in [1.807, 2.05) is 0 Å². The van der Waals surface area contributed by atoms with Crippen molar-refractivity contribution in [2.75, 3.05) is 37.6 Å². The summed E-state index contributed by atoms with van der Waals surface area (Å²) in [5.41, 5.74) is 1.90. The van der Waals surface area contributed by atoms with E-state index in [-0.39, 0.29) is 0 Å². The molecule has 0 radical (unpaired) electrons. The number of nitriles is 1. The Labute approximate surface area is 139 Å². The van der Waals surface area contributed by atoms with Gasteiger partial charge >= 0.3 is 0 Å². The summed E-state index contributed by atoms with van der Waals surface area (Å²) in [6.07, 6.45) is 1.08. The minimum absolute atomic E-state index is 0.328. The molecule has 0 bridgehead atoms. The zero-order valence-corrected chi connectivity index (χ0v) is 13.8. The molecule has 2 heterocycles. The van der Waals surface area contributed by atoms with Crippen molar-refractivity contribution in [1.29, 1.82) is 5.26 Å². The Kier molecular flexibility index (Phi) is 4.94. The SMILES string of the molecule is N#Cc1c(Cl)nsc1N1CCN(CCc2ccccc2)CC1. The highest BCUT2D eigenvalue weighted by Gasteiger charge is 2.22. The molecule has 4 nitrogen and oxygen atoms in total. The first-order chi connectivity index (χ1) is 10.8. The predicted octanol–water partition coefficient (Wildman–Crippen LogP) is 3.03. The fourth-order valence-corrected chi connectivity index (χ4v) is 3.76. The fourth-order valence-electron chi connectivity index (χ4n) is 2.68. The Morgan fingerprint density at radius 3 is 2.59 bits per heavy atom. The number of benzene rings is 1. The van der Waals surface area contributed by atoms with Crippen molar-refractivity contribution >= 4 is 28.1 Å². The first-order valence-electron chi connectivity index (χ1n) is 7.34. The van der Waals surface area contributed by atoms with Gasteiger partial charge in [0.15, 0.2) is 5.15 Å². The van der Waals surface area contributed by atoms with Gasteiger partial charge in [0.25, 0.3) is 0 Å². The van der Waals surface area contributed by atoms with Gasteiger partial charge in [-0.15, -0.1) is 0 Å². The third kappa shape index (κ3) is 3.41. The molecule has 0 spiro atoms. The van der Waals surface area contributed by atoms with E-state index in [2.05, 4.69) is 50.6 Å². The van der Waals surface area contributed by atoms with Crippen LogP contribution in [0.25, 0.3) is 0 Å². The van der Waals surface area contributed by atoms with Crippen LogP contribution in [0, 0.1) is 11.3 Å². The Bertz CT molecular complexity index is 657. The highest BCUT2D eigenvalue weighted by Crippen LogP contribution is 2.31. The molecule has 0 aliphatic carbocycles. The molecule has 3 rings (SSSR count). The van der Waals surface area contributed by atoms with Crippen LogP contribution < -0.4 is 4.90 Å². The van der Waals surface area contributed by atoms with Crippen LogP contribution in [0.2, 0.25) is 5.15 Å². The van der Waals surface area contributed by atoms with Gasteiger partial charge in [-0.3, -0.25) is 4.90 Å². The summed E-state index contributed by atoms with van der Waals surface area (Å²) < 4.78 is 4.09. The molecule has 2 aromatic rings. The van der Waals surface area contributed by atoms with Gasteiger partial charge in [0.2, 0.25) is 0 Å². The minimum Gasteiger partial charge on any atom is -0.358 e. The molecule has 0 atom stereocenters. The van der Waals surface area contributed by atoms with E-state index >= 15 is 0 Å². The molecule has 1 aromatic heterocycles. The zero-order chi connectivity index (χ0) is 15.4. The Morgan fingerprint density at radius 2 is 1.91 bits per heavy atom. The van der Waals surface area contributed by atoms with E-state index in [4.69, 9.17) is 11.6 Å². The van der Waals surface area contributed by atoms with E-state index in [0.717, 1.165) is 44.1 Å². The van der Waals surface area contributed by atoms with Crippen molar-refractivity contribution in [2.45, 2.75) is 6.42 Å². The summed E-state index contributed by atoms with van der Waals surface area (Å²) in [6, 6.07) is 12.7. The Hall–Kier alpha value is -1.61. The van der Waals surface area contributed by atoms with Gasteiger partial charge in [-0.1, -0.05) is 41.9 Å². The Balaban J connectivity index is 1.53. The van der Waals surface area contributed by atoms with Gasteiger partial charge in [0.05, 0.1) is 0 Å². The molecular weight excluding hydrogens is 316 g/mol. The predicted molar refractivity (Wildman–Crippen MR) is 90.6 cm³/mol. The van der Waals surface area contributed by atoms with Crippen LogP contribution in [0.3, 0.4) is 0 Å². The number of anilines is 1. The maximum absolute atomic E-state index is 9.18. The van der Waals surface area contributed by atoms with Crippen molar-refractivity contribution < 1.29 is 0 Å². The van der Waals surface area contributed by atoms with E-state index in [0.29, 0.717) is 10.7 Å². The summed E-state index contributed by atoms with van der Waals surface area (Å²) >= 11 is 7.27. The van der Waals surface area contributed by atoms with Crippen LogP contribution in [0.15, 0.2) is 30.3 Å². The van der Waals surface area contributed by atoms with E-state index in [1.54, 1.807) is 0 Å². The third-order valence-corrected chi connectivity index (χ3v) is 5.25. The van der Waals surface area contributed by atoms with Gasteiger partial charge in [-0.05, 0) is 23.5 Å². The Morgan fingerprint density at radius 1 is 1.18 bits per heavy atom. The number of hydrogen-bond acceptors (Lipinski definition) is 5. The summed E-state index contributed by atoms with van der Waals surface area (Å²) in [5.74, 6) is 0. The van der Waals surface area contributed by atoms with Crippen molar-refractivity contribution in [3.63, 3.8) is 0 Å². The summed E-state index contributed by atoms with van der Waals surface area (Å²) in [5, 5.41) is 10.4. The lowest BCUT2D eigenvalue weighted by Gasteiger charge is -2.35. The van der Waals surface area contributed by atoms with Crippen molar-refractivity contribution in [3.05, 3.63) is 46.6 Å². The van der Waals surface area contributed by atoms with Crippen LogP contribution in [0.5, 0.6) is 0 Å². The van der Waals surface area contributed by atoms with E-state index in [9.17, 15) is 5.26 Å². The first kappa shape index (κ1) is 15.3. The molecule has 22 heavy (non-hydrogen) atoms. The van der Waals surface area contributed by atoms with E-state index in [1.165, 1.54) is 17.1 Å². The minimum atomic E-state index is 0.328. The number of halogens is 1. The average molecular weight is 333 g/mol. The maximum Gasteiger partial charge on any atom is 0.162 e. The number of piperazine rings is 1. The lowest BCUT2D eigenvalue weighted by Crippen LogP contribution is -2.46. The zero-order valence-electron chi connectivity index (χ0n) is 12.2. The third-order valence-electron chi connectivity index (χ3n) is 3.96. The number of rotatable bonds is 4. The quantitative estimate of drug-likeness (QED) is 0.863. The average Bonchev–Trinajstić information content (AvgIpc) is 2.95. The second kappa shape index (κ2) is 7.10. The highest BCUT2D eigenvalue weighted by atomic mass is 35.5. The second-order valence-electron chi connectivity index (χ2n) is 5.33. The largest absolute Gasteiger partial charge is 0.358 e. The monoisotopic (exact) mass is 332 g/mol. The molecule has 1 aliphatic rings. The van der Waals surface area contributed by atoms with Crippen LogP contribution in [0.4, 0.5) is 5.00 Å².